The average Bonchev–Trinajstić information content (AvgIpc) is 2.15. The molecule has 1 aromatic heterocycles. The van der Waals surface area contributed by atoms with Gasteiger partial charge in [-0.2, -0.15) is 0 Å². The van der Waals surface area contributed by atoms with Crippen LogP contribution in [0.1, 0.15) is 26.3 Å². The monoisotopic (exact) mass is 200 g/mol. The second-order valence-electron chi connectivity index (χ2n) is 4.86. The molecule has 0 unspecified atom stereocenters. The molecule has 0 amide bonds. The summed E-state index contributed by atoms with van der Waals surface area (Å²) in [4.78, 5) is 4.33. The summed E-state index contributed by atoms with van der Waals surface area (Å²) in [7, 11) is 0. The molecule has 0 atom stereocenters. The maximum absolute atomic E-state index is 6.01. The maximum atomic E-state index is 6.01. The summed E-state index contributed by atoms with van der Waals surface area (Å²) in [6.45, 7) is 6.52. The van der Waals surface area contributed by atoms with E-state index >= 15 is 0 Å². The van der Waals surface area contributed by atoms with Crippen molar-refractivity contribution in [3.8, 4) is 0 Å². The second kappa shape index (κ2) is 3.23. The first-order valence-electron chi connectivity index (χ1n) is 5.14. The number of aromatic nitrogens is 1. The minimum Gasteiger partial charge on any atom is -0.397 e. The number of rotatable bonds is 0. The van der Waals surface area contributed by atoms with Crippen molar-refractivity contribution in [2.24, 2.45) is 0 Å². The quantitative estimate of drug-likeness (QED) is 0.709. The molecular weight excluding hydrogens is 184 g/mol. The Morgan fingerprint density at radius 2 is 1.80 bits per heavy atom. The van der Waals surface area contributed by atoms with Gasteiger partial charge in [0.05, 0.1) is 17.4 Å². The summed E-state index contributed by atoms with van der Waals surface area (Å²) >= 11 is 0. The van der Waals surface area contributed by atoms with Gasteiger partial charge in [-0.3, -0.25) is 4.98 Å². The molecule has 0 spiro atoms. The Labute approximate surface area is 90.1 Å². The fourth-order valence-electron chi connectivity index (χ4n) is 1.99. The lowest BCUT2D eigenvalue weighted by molar-refractivity contribution is 0.597. The standard InChI is InChI=1S/C13H16N2/c1-13(2,3)12-9-6-4-5-7-11(9)15-8-10(12)14/h4-8H,14H2,1-3H3. The Kier molecular flexibility index (Phi) is 2.14. The molecule has 2 rings (SSSR count). The van der Waals surface area contributed by atoms with Gasteiger partial charge >= 0.3 is 0 Å². The van der Waals surface area contributed by atoms with Gasteiger partial charge in [-0.15, -0.1) is 0 Å². The zero-order valence-electron chi connectivity index (χ0n) is 9.41. The molecule has 1 heterocycles. The molecule has 0 bridgehead atoms. The lowest BCUT2D eigenvalue weighted by Gasteiger charge is -2.22. The number of nitrogen functional groups attached to an aromatic ring is 1. The van der Waals surface area contributed by atoms with E-state index in [1.54, 1.807) is 6.20 Å². The molecule has 2 aromatic rings. The van der Waals surface area contributed by atoms with Crippen molar-refractivity contribution in [1.82, 2.24) is 4.98 Å². The van der Waals surface area contributed by atoms with Crippen molar-refractivity contribution in [2.45, 2.75) is 26.2 Å². The molecule has 2 nitrogen and oxygen atoms in total. The van der Waals surface area contributed by atoms with Crippen molar-refractivity contribution in [1.29, 1.82) is 0 Å². The Bertz CT molecular complexity index is 495. The first-order chi connectivity index (χ1) is 7.00. The van der Waals surface area contributed by atoms with E-state index in [1.165, 1.54) is 5.56 Å². The van der Waals surface area contributed by atoms with Crippen molar-refractivity contribution in [3.05, 3.63) is 36.0 Å². The summed E-state index contributed by atoms with van der Waals surface area (Å²) in [6, 6.07) is 8.12. The largest absolute Gasteiger partial charge is 0.397 e. The zero-order chi connectivity index (χ0) is 11.1. The van der Waals surface area contributed by atoms with E-state index in [0.717, 1.165) is 16.6 Å². The lowest BCUT2D eigenvalue weighted by atomic mass is 9.84. The van der Waals surface area contributed by atoms with Gasteiger partial charge < -0.3 is 5.73 Å². The highest BCUT2D eigenvalue weighted by atomic mass is 14.7. The number of hydrogen-bond acceptors (Lipinski definition) is 2. The maximum Gasteiger partial charge on any atom is 0.0706 e. The average molecular weight is 200 g/mol. The van der Waals surface area contributed by atoms with Crippen LogP contribution >= 0.6 is 0 Å². The fraction of sp³-hybridized carbons (Fsp3) is 0.308. The van der Waals surface area contributed by atoms with Gasteiger partial charge in [0.2, 0.25) is 0 Å². The Balaban J connectivity index is 2.86. The molecule has 2 N–H and O–H groups in total. The predicted molar refractivity (Wildman–Crippen MR) is 64.9 cm³/mol. The smallest absolute Gasteiger partial charge is 0.0706 e. The highest BCUT2D eigenvalue weighted by molar-refractivity contribution is 5.87. The fourth-order valence-corrected chi connectivity index (χ4v) is 1.99. The highest BCUT2D eigenvalue weighted by Crippen LogP contribution is 2.33. The van der Waals surface area contributed by atoms with Gasteiger partial charge in [-0.05, 0) is 17.0 Å². The van der Waals surface area contributed by atoms with Crippen LogP contribution in [0.5, 0.6) is 0 Å². The minimum absolute atomic E-state index is 0.0482. The van der Waals surface area contributed by atoms with E-state index in [0.29, 0.717) is 0 Å². The third-order valence-corrected chi connectivity index (χ3v) is 2.55. The van der Waals surface area contributed by atoms with Crippen LogP contribution in [0.2, 0.25) is 0 Å². The molecule has 0 saturated heterocycles. The van der Waals surface area contributed by atoms with Crippen molar-refractivity contribution < 1.29 is 0 Å². The number of benzene rings is 1. The van der Waals surface area contributed by atoms with Crippen molar-refractivity contribution >= 4 is 16.6 Å². The highest BCUT2D eigenvalue weighted by Gasteiger charge is 2.19. The van der Waals surface area contributed by atoms with Crippen molar-refractivity contribution in [2.75, 3.05) is 5.73 Å². The van der Waals surface area contributed by atoms with Crippen LogP contribution in [0.4, 0.5) is 5.69 Å². The number of para-hydroxylation sites is 1. The summed E-state index contributed by atoms with van der Waals surface area (Å²) < 4.78 is 0. The van der Waals surface area contributed by atoms with E-state index in [1.807, 2.05) is 18.2 Å². The van der Waals surface area contributed by atoms with E-state index < -0.39 is 0 Å². The van der Waals surface area contributed by atoms with Crippen molar-refractivity contribution in [3.63, 3.8) is 0 Å². The number of nitrogens with two attached hydrogens (primary N) is 1. The molecule has 0 fully saturated rings. The van der Waals surface area contributed by atoms with Crippen LogP contribution in [0.15, 0.2) is 30.5 Å². The minimum atomic E-state index is 0.0482. The summed E-state index contributed by atoms with van der Waals surface area (Å²) in [5, 5.41) is 1.16. The van der Waals surface area contributed by atoms with Gasteiger partial charge in [0, 0.05) is 5.39 Å². The van der Waals surface area contributed by atoms with Crippen LogP contribution in [0, 0.1) is 0 Å². The predicted octanol–water partition coefficient (Wildman–Crippen LogP) is 3.11. The van der Waals surface area contributed by atoms with Crippen LogP contribution in [0.3, 0.4) is 0 Å². The van der Waals surface area contributed by atoms with E-state index in [2.05, 4.69) is 31.8 Å². The van der Waals surface area contributed by atoms with Crippen LogP contribution < -0.4 is 5.73 Å². The number of anilines is 1. The van der Waals surface area contributed by atoms with Gasteiger partial charge in [0.1, 0.15) is 0 Å². The Hall–Kier alpha value is -1.57. The molecule has 2 heteroatoms. The SMILES string of the molecule is CC(C)(C)c1c(N)cnc2ccccc12. The molecule has 15 heavy (non-hydrogen) atoms. The van der Waals surface area contributed by atoms with E-state index in [9.17, 15) is 0 Å². The van der Waals surface area contributed by atoms with Gasteiger partial charge in [0.15, 0.2) is 0 Å². The summed E-state index contributed by atoms with van der Waals surface area (Å²) in [5.41, 5.74) is 9.04. The molecule has 0 saturated carbocycles. The van der Waals surface area contributed by atoms with Crippen LogP contribution in [0.25, 0.3) is 10.9 Å². The molecule has 78 valence electrons. The Morgan fingerprint density at radius 1 is 1.13 bits per heavy atom. The van der Waals surface area contributed by atoms with Crippen LogP contribution in [-0.2, 0) is 5.41 Å². The normalized spacial score (nSPS) is 11.9. The molecular formula is C13H16N2. The lowest BCUT2D eigenvalue weighted by Crippen LogP contribution is -2.15. The first-order valence-corrected chi connectivity index (χ1v) is 5.14. The third kappa shape index (κ3) is 1.67. The third-order valence-electron chi connectivity index (χ3n) is 2.55. The molecule has 0 radical (unpaired) electrons. The topological polar surface area (TPSA) is 38.9 Å². The second-order valence-corrected chi connectivity index (χ2v) is 4.86. The number of fused-ring (bicyclic) bond motifs is 1. The zero-order valence-corrected chi connectivity index (χ0v) is 9.41. The molecule has 1 aromatic carbocycles. The summed E-state index contributed by atoms with van der Waals surface area (Å²) in [6.07, 6.45) is 1.75. The van der Waals surface area contributed by atoms with Crippen LogP contribution in [-0.4, -0.2) is 4.98 Å². The van der Waals surface area contributed by atoms with Gasteiger partial charge in [-0.25, -0.2) is 0 Å². The Morgan fingerprint density at radius 3 is 2.47 bits per heavy atom. The number of pyridine rings is 1. The molecule has 0 aliphatic heterocycles. The van der Waals surface area contributed by atoms with E-state index in [-0.39, 0.29) is 5.41 Å². The van der Waals surface area contributed by atoms with Gasteiger partial charge in [-0.1, -0.05) is 39.0 Å². The van der Waals surface area contributed by atoms with Gasteiger partial charge in [0.25, 0.3) is 0 Å². The molecule has 0 aliphatic carbocycles. The van der Waals surface area contributed by atoms with E-state index in [4.69, 9.17) is 5.73 Å². The summed E-state index contributed by atoms with van der Waals surface area (Å²) in [5.74, 6) is 0. The first kappa shape index (κ1) is 9.97. The number of nitrogens with zero attached hydrogens (tertiary/aromatic N) is 1. The number of hydrogen-bond donors (Lipinski definition) is 1. The molecule has 0 aliphatic rings.